The van der Waals surface area contributed by atoms with Crippen LogP contribution in [0.5, 0.6) is 0 Å². The number of hydrogen-bond acceptors (Lipinski definition) is 1. The molecule has 2 heteroatoms. The van der Waals surface area contributed by atoms with Gasteiger partial charge in [0.05, 0.1) is 6.10 Å². The van der Waals surface area contributed by atoms with Gasteiger partial charge in [-0.25, -0.2) is 0 Å². The van der Waals surface area contributed by atoms with Crippen molar-refractivity contribution in [3.05, 3.63) is 47.5 Å². The molecule has 26 heavy (non-hydrogen) atoms. The molecule has 0 aliphatic heterocycles. The normalized spacial score (nSPS) is 20.8. The average molecular weight is 379 g/mol. The second-order valence-corrected chi connectivity index (χ2v) is 8.00. The van der Waals surface area contributed by atoms with Gasteiger partial charge in [-0.3, -0.25) is 0 Å². The van der Waals surface area contributed by atoms with Crippen LogP contribution < -0.4 is 0 Å². The minimum absolute atomic E-state index is 0.292. The zero-order chi connectivity index (χ0) is 19.2. The Labute approximate surface area is 166 Å². The van der Waals surface area contributed by atoms with Crippen molar-refractivity contribution in [3.8, 4) is 0 Å². The Morgan fingerprint density at radius 2 is 1.77 bits per heavy atom. The molecule has 3 atom stereocenters. The van der Waals surface area contributed by atoms with Gasteiger partial charge in [-0.05, 0) is 43.7 Å². The van der Waals surface area contributed by atoms with Crippen LogP contribution in [0.25, 0.3) is 0 Å². The van der Waals surface area contributed by atoms with E-state index in [4.69, 9.17) is 11.6 Å². The molecule has 148 valence electrons. The predicted molar refractivity (Wildman–Crippen MR) is 116 cm³/mol. The highest BCUT2D eigenvalue weighted by molar-refractivity contribution is 6.21. The Hall–Kier alpha value is -0.790. The van der Waals surface area contributed by atoms with E-state index in [1.165, 1.54) is 50.5 Å². The van der Waals surface area contributed by atoms with E-state index in [1.54, 1.807) is 0 Å². The Kier molecular flexibility index (Phi) is 12.8. The van der Waals surface area contributed by atoms with Crippen LogP contribution in [-0.4, -0.2) is 10.5 Å². The van der Waals surface area contributed by atoms with Gasteiger partial charge in [-0.2, -0.15) is 0 Å². The molecule has 0 bridgehead atoms. The molecule has 1 N–H and O–H groups in total. The van der Waals surface area contributed by atoms with Crippen molar-refractivity contribution in [3.63, 3.8) is 0 Å². The lowest BCUT2D eigenvalue weighted by molar-refractivity contribution is 0.163. The summed E-state index contributed by atoms with van der Waals surface area (Å²) in [5, 5.41) is 10.4. The first-order valence-corrected chi connectivity index (χ1v) is 11.1. The Bertz CT molecular complexity index is 479. The second-order valence-electron chi connectivity index (χ2n) is 7.44. The van der Waals surface area contributed by atoms with Crippen LogP contribution in [0.4, 0.5) is 0 Å². The van der Waals surface area contributed by atoms with E-state index in [-0.39, 0.29) is 6.10 Å². The molecule has 1 aliphatic carbocycles. The van der Waals surface area contributed by atoms with E-state index in [0.29, 0.717) is 11.3 Å². The van der Waals surface area contributed by atoms with Crippen LogP contribution >= 0.6 is 11.6 Å². The molecule has 0 heterocycles. The number of alkyl halides is 1. The third-order valence-electron chi connectivity index (χ3n) is 5.22. The second kappa shape index (κ2) is 14.3. The van der Waals surface area contributed by atoms with E-state index >= 15 is 0 Å². The molecule has 1 saturated carbocycles. The highest BCUT2D eigenvalue weighted by atomic mass is 35.5. The summed E-state index contributed by atoms with van der Waals surface area (Å²) in [6, 6.07) is 8.47. The van der Waals surface area contributed by atoms with E-state index in [2.05, 4.69) is 57.2 Å². The molecule has 2 rings (SSSR count). The predicted octanol–water partition coefficient (Wildman–Crippen LogP) is 7.93. The number of hydrogen-bond donors (Lipinski definition) is 1. The molecule has 1 aliphatic rings. The molecular formula is C24H39ClO. The fourth-order valence-corrected chi connectivity index (χ4v) is 3.92. The number of allylic oxidation sites excluding steroid dienone is 2. The maximum absolute atomic E-state index is 10.1. The lowest BCUT2D eigenvalue weighted by atomic mass is 9.94. The van der Waals surface area contributed by atoms with Crippen LogP contribution in [-0.2, 0) is 0 Å². The van der Waals surface area contributed by atoms with Crippen LogP contribution in [0, 0.1) is 0 Å². The van der Waals surface area contributed by atoms with Crippen molar-refractivity contribution in [1.82, 2.24) is 0 Å². The minimum atomic E-state index is -0.309. The lowest BCUT2D eigenvalue weighted by Crippen LogP contribution is -2.05. The molecule has 1 aromatic carbocycles. The number of halogens is 1. The molecule has 0 amide bonds. The SMILES string of the molecule is C/C=C\CCCC.CCCCCC(O)c1ccc([C@@H]2CCCC2Cl)cc1. The first-order chi connectivity index (χ1) is 12.6. The van der Waals surface area contributed by atoms with Gasteiger partial charge in [0.2, 0.25) is 0 Å². The molecule has 1 fully saturated rings. The molecule has 0 radical (unpaired) electrons. The topological polar surface area (TPSA) is 20.2 Å². The first kappa shape index (κ1) is 23.2. The summed E-state index contributed by atoms with van der Waals surface area (Å²) in [6.07, 6.45) is 15.9. The first-order valence-electron chi connectivity index (χ1n) is 10.7. The van der Waals surface area contributed by atoms with Crippen molar-refractivity contribution in [2.75, 3.05) is 0 Å². The van der Waals surface area contributed by atoms with Crippen molar-refractivity contribution < 1.29 is 5.11 Å². The van der Waals surface area contributed by atoms with E-state index in [9.17, 15) is 5.11 Å². The minimum Gasteiger partial charge on any atom is -0.388 e. The summed E-state index contributed by atoms with van der Waals surface area (Å²) in [7, 11) is 0. The van der Waals surface area contributed by atoms with Crippen molar-refractivity contribution in [1.29, 1.82) is 0 Å². The quantitative estimate of drug-likeness (QED) is 0.262. The van der Waals surface area contributed by atoms with Crippen molar-refractivity contribution >= 4 is 11.6 Å². The summed E-state index contributed by atoms with van der Waals surface area (Å²) in [4.78, 5) is 0. The fourth-order valence-electron chi connectivity index (χ4n) is 3.50. The maximum atomic E-state index is 10.1. The largest absolute Gasteiger partial charge is 0.388 e. The van der Waals surface area contributed by atoms with Crippen LogP contribution in [0.3, 0.4) is 0 Å². The molecule has 1 nitrogen and oxygen atoms in total. The van der Waals surface area contributed by atoms with Gasteiger partial charge in [-0.1, -0.05) is 88.8 Å². The Morgan fingerprint density at radius 1 is 1.08 bits per heavy atom. The molecule has 0 saturated heterocycles. The smallest absolute Gasteiger partial charge is 0.0790 e. The van der Waals surface area contributed by atoms with Gasteiger partial charge in [-0.15, -0.1) is 11.6 Å². The van der Waals surface area contributed by atoms with Crippen LogP contribution in [0.1, 0.15) is 108 Å². The van der Waals surface area contributed by atoms with E-state index in [0.717, 1.165) is 24.8 Å². The van der Waals surface area contributed by atoms with Gasteiger partial charge in [0.25, 0.3) is 0 Å². The number of benzene rings is 1. The van der Waals surface area contributed by atoms with E-state index in [1.807, 2.05) is 0 Å². The highest BCUT2D eigenvalue weighted by Crippen LogP contribution is 2.38. The van der Waals surface area contributed by atoms with Gasteiger partial charge in [0.1, 0.15) is 0 Å². The zero-order valence-electron chi connectivity index (χ0n) is 17.1. The number of aliphatic hydroxyl groups excluding tert-OH is 1. The fraction of sp³-hybridized carbons (Fsp3) is 0.667. The highest BCUT2D eigenvalue weighted by Gasteiger charge is 2.26. The van der Waals surface area contributed by atoms with E-state index < -0.39 is 0 Å². The van der Waals surface area contributed by atoms with Gasteiger partial charge >= 0.3 is 0 Å². The Balaban J connectivity index is 0.000000412. The standard InChI is InChI=1S/C17H25ClO.C7H14/c1-2-3-4-8-17(19)14-11-9-13(10-12-14)15-6-5-7-16(15)18;1-3-5-7-6-4-2/h9-12,15-17,19H,2-8H2,1H3;3,5H,4,6-7H2,1-2H3/b;5-3-/t15-,16?,17?;/m0./s1. The summed E-state index contributed by atoms with van der Waals surface area (Å²) < 4.78 is 0. The third-order valence-corrected chi connectivity index (χ3v) is 5.74. The van der Waals surface area contributed by atoms with Crippen LogP contribution in [0.2, 0.25) is 0 Å². The van der Waals surface area contributed by atoms with Crippen molar-refractivity contribution in [2.24, 2.45) is 0 Å². The number of aliphatic hydroxyl groups is 1. The number of unbranched alkanes of at least 4 members (excludes halogenated alkanes) is 4. The summed E-state index contributed by atoms with van der Waals surface area (Å²) in [6.45, 7) is 6.46. The zero-order valence-corrected chi connectivity index (χ0v) is 17.8. The third kappa shape index (κ3) is 8.73. The van der Waals surface area contributed by atoms with Crippen molar-refractivity contribution in [2.45, 2.75) is 102 Å². The molecule has 1 aromatic rings. The average Bonchev–Trinajstić information content (AvgIpc) is 3.09. The molecular weight excluding hydrogens is 340 g/mol. The summed E-state index contributed by atoms with van der Waals surface area (Å²) >= 11 is 6.35. The monoisotopic (exact) mass is 378 g/mol. The van der Waals surface area contributed by atoms with Gasteiger partial charge < -0.3 is 5.11 Å². The molecule has 0 aromatic heterocycles. The van der Waals surface area contributed by atoms with Crippen LogP contribution in [0.15, 0.2) is 36.4 Å². The molecule has 0 spiro atoms. The summed E-state index contributed by atoms with van der Waals surface area (Å²) in [5.41, 5.74) is 2.38. The lowest BCUT2D eigenvalue weighted by Gasteiger charge is -2.16. The summed E-state index contributed by atoms with van der Waals surface area (Å²) in [5.74, 6) is 0.507. The Morgan fingerprint density at radius 3 is 2.31 bits per heavy atom. The number of rotatable bonds is 9. The van der Waals surface area contributed by atoms with Gasteiger partial charge in [0.15, 0.2) is 0 Å². The van der Waals surface area contributed by atoms with Gasteiger partial charge in [0, 0.05) is 11.3 Å². The molecule has 2 unspecified atom stereocenters. The maximum Gasteiger partial charge on any atom is 0.0790 e.